The quantitative estimate of drug-likeness (QED) is 0.760. The fraction of sp³-hybridized carbons (Fsp3) is 1.00. The highest BCUT2D eigenvalue weighted by atomic mass is 15.0. The van der Waals surface area contributed by atoms with Gasteiger partial charge in [0, 0.05) is 12.1 Å². The average molecular weight is 223 g/mol. The maximum Gasteiger partial charge on any atom is 0.00989 e. The van der Waals surface area contributed by atoms with E-state index in [9.17, 15) is 0 Å². The number of hydrogen-bond acceptors (Lipinski definition) is 1. The summed E-state index contributed by atoms with van der Waals surface area (Å²) in [6.45, 7) is 9.61. The smallest absolute Gasteiger partial charge is 0.00989 e. The second-order valence-electron chi connectivity index (χ2n) is 6.88. The van der Waals surface area contributed by atoms with Gasteiger partial charge in [-0.15, -0.1) is 0 Å². The summed E-state index contributed by atoms with van der Waals surface area (Å²) in [6.07, 6.45) is 8.46. The van der Waals surface area contributed by atoms with Gasteiger partial charge >= 0.3 is 0 Å². The summed E-state index contributed by atoms with van der Waals surface area (Å²) in [7, 11) is 0. The molecule has 1 nitrogen and oxygen atoms in total. The molecule has 2 fully saturated rings. The molecule has 0 aromatic rings. The molecule has 2 atom stereocenters. The van der Waals surface area contributed by atoms with Gasteiger partial charge in [0.2, 0.25) is 0 Å². The van der Waals surface area contributed by atoms with Gasteiger partial charge in [0.1, 0.15) is 0 Å². The minimum absolute atomic E-state index is 0.567. The molecular formula is C15H29N. The highest BCUT2D eigenvalue weighted by Crippen LogP contribution is 2.41. The van der Waals surface area contributed by atoms with Crippen molar-refractivity contribution in [1.29, 1.82) is 0 Å². The van der Waals surface area contributed by atoms with Crippen molar-refractivity contribution in [2.75, 3.05) is 0 Å². The Labute approximate surface area is 101 Å². The zero-order chi connectivity index (χ0) is 11.8. The van der Waals surface area contributed by atoms with E-state index >= 15 is 0 Å². The molecule has 0 aliphatic heterocycles. The van der Waals surface area contributed by atoms with Gasteiger partial charge in [-0.25, -0.2) is 0 Å². The van der Waals surface area contributed by atoms with E-state index < -0.39 is 0 Å². The monoisotopic (exact) mass is 223 g/mol. The fourth-order valence-electron chi connectivity index (χ4n) is 3.19. The van der Waals surface area contributed by atoms with Crippen LogP contribution in [0.15, 0.2) is 0 Å². The Kier molecular flexibility index (Phi) is 3.63. The zero-order valence-corrected chi connectivity index (χ0v) is 11.6. The van der Waals surface area contributed by atoms with Gasteiger partial charge in [0.15, 0.2) is 0 Å². The third-order valence-electron chi connectivity index (χ3n) is 5.30. The van der Waals surface area contributed by atoms with E-state index in [-0.39, 0.29) is 0 Å². The van der Waals surface area contributed by atoms with Gasteiger partial charge in [-0.1, -0.05) is 34.1 Å². The Bertz CT molecular complexity index is 226. The second kappa shape index (κ2) is 4.68. The molecule has 16 heavy (non-hydrogen) atoms. The van der Waals surface area contributed by atoms with E-state index in [0.29, 0.717) is 5.41 Å². The van der Waals surface area contributed by atoms with Crippen LogP contribution in [-0.2, 0) is 0 Å². The summed E-state index contributed by atoms with van der Waals surface area (Å²) in [5.41, 5.74) is 0.567. The van der Waals surface area contributed by atoms with Crippen molar-refractivity contribution in [3.63, 3.8) is 0 Å². The molecule has 2 saturated carbocycles. The molecular weight excluding hydrogens is 194 g/mol. The van der Waals surface area contributed by atoms with Crippen LogP contribution in [0.2, 0.25) is 0 Å². The van der Waals surface area contributed by atoms with Crippen LogP contribution in [0.1, 0.15) is 66.2 Å². The molecule has 0 bridgehead atoms. The van der Waals surface area contributed by atoms with Crippen molar-refractivity contribution < 1.29 is 0 Å². The Morgan fingerprint density at radius 3 is 2.12 bits per heavy atom. The van der Waals surface area contributed by atoms with Gasteiger partial charge in [-0.2, -0.15) is 0 Å². The lowest BCUT2D eigenvalue weighted by atomic mass is 9.69. The van der Waals surface area contributed by atoms with Crippen LogP contribution >= 0.6 is 0 Å². The van der Waals surface area contributed by atoms with E-state index in [1.807, 2.05) is 0 Å². The highest BCUT2D eigenvalue weighted by Gasteiger charge is 2.37. The second-order valence-corrected chi connectivity index (χ2v) is 6.88. The van der Waals surface area contributed by atoms with Crippen molar-refractivity contribution in [3.05, 3.63) is 0 Å². The number of rotatable bonds is 4. The van der Waals surface area contributed by atoms with Gasteiger partial charge in [-0.05, 0) is 49.4 Å². The van der Waals surface area contributed by atoms with Crippen LogP contribution in [-0.4, -0.2) is 12.1 Å². The number of nitrogens with one attached hydrogen (secondary N) is 1. The molecule has 0 saturated heterocycles. The summed E-state index contributed by atoms with van der Waals surface area (Å²) in [5, 5.41) is 3.83. The first kappa shape index (κ1) is 12.4. The van der Waals surface area contributed by atoms with E-state index in [0.717, 1.165) is 23.9 Å². The van der Waals surface area contributed by atoms with Crippen LogP contribution in [0.5, 0.6) is 0 Å². The van der Waals surface area contributed by atoms with Gasteiger partial charge in [-0.3, -0.25) is 0 Å². The zero-order valence-electron chi connectivity index (χ0n) is 11.6. The molecule has 0 radical (unpaired) electrons. The van der Waals surface area contributed by atoms with Crippen molar-refractivity contribution >= 4 is 0 Å². The van der Waals surface area contributed by atoms with E-state index in [2.05, 4.69) is 33.0 Å². The lowest BCUT2D eigenvalue weighted by Gasteiger charge is -2.39. The third-order valence-corrected chi connectivity index (χ3v) is 5.30. The fourth-order valence-corrected chi connectivity index (χ4v) is 3.19. The average Bonchev–Trinajstić information content (AvgIpc) is 2.95. The van der Waals surface area contributed by atoms with Crippen LogP contribution in [0.3, 0.4) is 0 Å². The molecule has 94 valence electrons. The van der Waals surface area contributed by atoms with Crippen LogP contribution in [0.4, 0.5) is 0 Å². The summed E-state index contributed by atoms with van der Waals surface area (Å²) in [6, 6.07) is 1.69. The van der Waals surface area contributed by atoms with Gasteiger partial charge in [0.25, 0.3) is 0 Å². The first-order valence-corrected chi connectivity index (χ1v) is 7.29. The molecule has 0 amide bonds. The van der Waals surface area contributed by atoms with Gasteiger partial charge < -0.3 is 5.32 Å². The molecule has 2 unspecified atom stereocenters. The summed E-state index contributed by atoms with van der Waals surface area (Å²) in [5.74, 6) is 1.91. The maximum absolute atomic E-state index is 3.83. The van der Waals surface area contributed by atoms with Crippen LogP contribution < -0.4 is 5.32 Å². The Balaban J connectivity index is 1.74. The Morgan fingerprint density at radius 1 is 1.12 bits per heavy atom. The van der Waals surface area contributed by atoms with Crippen LogP contribution in [0.25, 0.3) is 0 Å². The maximum atomic E-state index is 3.83. The van der Waals surface area contributed by atoms with Crippen molar-refractivity contribution in [2.45, 2.75) is 78.3 Å². The molecule has 2 rings (SSSR count). The lowest BCUT2D eigenvalue weighted by Crippen LogP contribution is -2.38. The lowest BCUT2D eigenvalue weighted by molar-refractivity contribution is 0.136. The summed E-state index contributed by atoms with van der Waals surface area (Å²) >= 11 is 0. The first-order valence-electron chi connectivity index (χ1n) is 7.29. The predicted molar refractivity (Wildman–Crippen MR) is 70.5 cm³/mol. The molecule has 1 heteroatoms. The Morgan fingerprint density at radius 2 is 1.69 bits per heavy atom. The topological polar surface area (TPSA) is 12.0 Å². The molecule has 0 spiro atoms. The standard InChI is InChI=1S/C15H29N/c1-5-15(3,4)12-6-8-13(9-7-12)16-14-10-11(14)2/h11-14,16H,5-10H2,1-4H3. The minimum atomic E-state index is 0.567. The minimum Gasteiger partial charge on any atom is -0.311 e. The first-order chi connectivity index (χ1) is 7.53. The third kappa shape index (κ3) is 2.80. The molecule has 0 aromatic carbocycles. The largest absolute Gasteiger partial charge is 0.311 e. The molecule has 0 heterocycles. The molecule has 2 aliphatic carbocycles. The van der Waals surface area contributed by atoms with Crippen LogP contribution in [0, 0.1) is 17.3 Å². The van der Waals surface area contributed by atoms with Gasteiger partial charge in [0.05, 0.1) is 0 Å². The van der Waals surface area contributed by atoms with E-state index in [1.165, 1.54) is 38.5 Å². The summed E-state index contributed by atoms with van der Waals surface area (Å²) < 4.78 is 0. The van der Waals surface area contributed by atoms with Crippen molar-refractivity contribution in [1.82, 2.24) is 5.32 Å². The normalized spacial score (nSPS) is 39.8. The Hall–Kier alpha value is -0.0400. The van der Waals surface area contributed by atoms with Crippen molar-refractivity contribution in [2.24, 2.45) is 17.3 Å². The predicted octanol–water partition coefficient (Wildman–Crippen LogP) is 3.98. The van der Waals surface area contributed by atoms with E-state index in [1.54, 1.807) is 0 Å². The number of hydrogen-bond donors (Lipinski definition) is 1. The summed E-state index contributed by atoms with van der Waals surface area (Å²) in [4.78, 5) is 0. The molecule has 1 N–H and O–H groups in total. The highest BCUT2D eigenvalue weighted by molar-refractivity contribution is 4.94. The SMILES string of the molecule is CCC(C)(C)C1CCC(NC2CC2C)CC1. The molecule has 0 aromatic heterocycles. The van der Waals surface area contributed by atoms with Crippen molar-refractivity contribution in [3.8, 4) is 0 Å². The molecule has 2 aliphatic rings. The van der Waals surface area contributed by atoms with E-state index in [4.69, 9.17) is 0 Å².